The molecule has 6 nitrogen and oxygen atoms in total. The van der Waals surface area contributed by atoms with Gasteiger partial charge >= 0.3 is 0 Å². The van der Waals surface area contributed by atoms with E-state index in [4.69, 9.17) is 5.26 Å². The number of amides is 1. The third kappa shape index (κ3) is 4.10. The summed E-state index contributed by atoms with van der Waals surface area (Å²) in [5, 5.41) is 9.12. The molecule has 1 amide bonds. The van der Waals surface area contributed by atoms with Crippen LogP contribution < -0.4 is 0 Å². The molecule has 2 aromatic rings. The molecule has 0 fully saturated rings. The third-order valence-electron chi connectivity index (χ3n) is 4.31. The van der Waals surface area contributed by atoms with E-state index >= 15 is 0 Å². The Hall–Kier alpha value is -2.69. The van der Waals surface area contributed by atoms with Crippen LogP contribution >= 0.6 is 0 Å². The zero-order valence-corrected chi connectivity index (χ0v) is 15.8. The molecule has 0 aliphatic heterocycles. The highest BCUT2D eigenvalue weighted by Crippen LogP contribution is 2.21. The lowest BCUT2D eigenvalue weighted by molar-refractivity contribution is -0.131. The lowest BCUT2D eigenvalue weighted by atomic mass is 10.1. The Balaban J connectivity index is 2.17. The molecule has 2 rings (SSSR count). The second-order valence-corrected chi connectivity index (χ2v) is 7.97. The first kappa shape index (κ1) is 19.6. The summed E-state index contributed by atoms with van der Waals surface area (Å²) in [5.74, 6) is -0.332. The molecule has 0 saturated carbocycles. The first-order valence-corrected chi connectivity index (χ1v) is 9.49. The van der Waals surface area contributed by atoms with Gasteiger partial charge in [0.05, 0.1) is 23.0 Å². The van der Waals surface area contributed by atoms with E-state index in [2.05, 4.69) is 0 Å². The van der Waals surface area contributed by atoms with Crippen LogP contribution in [-0.4, -0.2) is 44.2 Å². The van der Waals surface area contributed by atoms with Crippen molar-refractivity contribution in [2.45, 2.75) is 17.9 Å². The molecule has 0 radical (unpaired) electrons. The molecule has 0 heterocycles. The summed E-state index contributed by atoms with van der Waals surface area (Å²) in [4.78, 5) is 14.0. The monoisotopic (exact) mass is 371 g/mol. The number of carbonyl (C=O) groups excluding carboxylic acids is 1. The Bertz CT molecular complexity index is 921. The van der Waals surface area contributed by atoms with Crippen LogP contribution in [0.1, 0.15) is 24.1 Å². The summed E-state index contributed by atoms with van der Waals surface area (Å²) in [7, 11) is -0.959. The fourth-order valence-electron chi connectivity index (χ4n) is 2.51. The zero-order valence-electron chi connectivity index (χ0n) is 15.0. The van der Waals surface area contributed by atoms with Gasteiger partial charge in [-0.3, -0.25) is 4.79 Å². The van der Waals surface area contributed by atoms with Gasteiger partial charge in [0, 0.05) is 14.1 Å². The SMILES string of the molecule is C[C@H](c1ccccc1)N(C)C(=O)CN(C)S(=O)(=O)c1ccccc1C#N. The largest absolute Gasteiger partial charge is 0.338 e. The van der Waals surface area contributed by atoms with Gasteiger partial charge in [0.1, 0.15) is 6.07 Å². The number of benzene rings is 2. The minimum Gasteiger partial charge on any atom is -0.338 e. The topological polar surface area (TPSA) is 81.5 Å². The molecule has 0 saturated heterocycles. The zero-order chi connectivity index (χ0) is 19.3. The van der Waals surface area contributed by atoms with E-state index in [0.717, 1.165) is 9.87 Å². The van der Waals surface area contributed by atoms with Crippen molar-refractivity contribution < 1.29 is 13.2 Å². The van der Waals surface area contributed by atoms with E-state index in [1.54, 1.807) is 19.2 Å². The van der Waals surface area contributed by atoms with Crippen molar-refractivity contribution in [2.24, 2.45) is 0 Å². The Morgan fingerprint density at radius 3 is 2.27 bits per heavy atom. The van der Waals surface area contributed by atoms with Crippen LogP contribution in [0.2, 0.25) is 0 Å². The summed E-state index contributed by atoms with van der Waals surface area (Å²) in [6.45, 7) is 1.57. The highest BCUT2D eigenvalue weighted by molar-refractivity contribution is 7.89. The van der Waals surface area contributed by atoms with E-state index in [0.29, 0.717) is 0 Å². The Morgan fingerprint density at radius 2 is 1.65 bits per heavy atom. The number of likely N-dealkylation sites (N-methyl/N-ethyl adjacent to an activating group) is 2. The van der Waals surface area contributed by atoms with Crippen LogP contribution in [0.5, 0.6) is 0 Å². The summed E-state index contributed by atoms with van der Waals surface area (Å²) >= 11 is 0. The van der Waals surface area contributed by atoms with Crippen LogP contribution in [0, 0.1) is 11.3 Å². The lowest BCUT2D eigenvalue weighted by Crippen LogP contribution is -2.40. The quantitative estimate of drug-likeness (QED) is 0.781. The summed E-state index contributed by atoms with van der Waals surface area (Å²) in [6.07, 6.45) is 0. The molecule has 0 aliphatic rings. The van der Waals surface area contributed by atoms with Crippen molar-refractivity contribution in [3.8, 4) is 6.07 Å². The smallest absolute Gasteiger partial charge is 0.244 e. The summed E-state index contributed by atoms with van der Waals surface area (Å²) in [5.41, 5.74) is 1.02. The van der Waals surface area contributed by atoms with Crippen LogP contribution in [0.4, 0.5) is 0 Å². The van der Waals surface area contributed by atoms with E-state index in [-0.39, 0.29) is 29.0 Å². The van der Waals surface area contributed by atoms with Gasteiger partial charge in [-0.2, -0.15) is 9.57 Å². The van der Waals surface area contributed by atoms with Gasteiger partial charge in [0.25, 0.3) is 0 Å². The number of nitrogens with zero attached hydrogens (tertiary/aromatic N) is 3. The summed E-state index contributed by atoms with van der Waals surface area (Å²) < 4.78 is 26.4. The lowest BCUT2D eigenvalue weighted by Gasteiger charge is -2.27. The fraction of sp³-hybridized carbons (Fsp3) is 0.263. The van der Waals surface area contributed by atoms with Crippen LogP contribution in [-0.2, 0) is 14.8 Å². The molecular formula is C19H21N3O3S. The molecule has 0 spiro atoms. The maximum Gasteiger partial charge on any atom is 0.244 e. The van der Waals surface area contributed by atoms with Crippen molar-refractivity contribution in [3.05, 3.63) is 65.7 Å². The average Bonchev–Trinajstić information content (AvgIpc) is 2.67. The predicted octanol–water partition coefficient (Wildman–Crippen LogP) is 2.40. The van der Waals surface area contributed by atoms with E-state index < -0.39 is 10.0 Å². The van der Waals surface area contributed by atoms with Gasteiger partial charge < -0.3 is 4.90 Å². The van der Waals surface area contributed by atoms with Gasteiger partial charge in [0.2, 0.25) is 15.9 Å². The first-order valence-electron chi connectivity index (χ1n) is 8.05. The standard InChI is InChI=1S/C19H21N3O3S/c1-15(16-9-5-4-6-10-16)22(3)19(23)14-21(2)26(24,25)18-12-8-7-11-17(18)13-20/h4-12,15H,14H2,1-3H3/t15-/m1/s1. The Labute approximate surface area is 154 Å². The molecule has 2 aromatic carbocycles. The van der Waals surface area contributed by atoms with Gasteiger partial charge in [-0.1, -0.05) is 42.5 Å². The number of sulfonamides is 1. The molecule has 0 aromatic heterocycles. The van der Waals surface area contributed by atoms with Crippen molar-refractivity contribution in [3.63, 3.8) is 0 Å². The van der Waals surface area contributed by atoms with Crippen LogP contribution in [0.3, 0.4) is 0 Å². The molecule has 0 aliphatic carbocycles. The predicted molar refractivity (Wildman–Crippen MR) is 98.6 cm³/mol. The van der Waals surface area contributed by atoms with Gasteiger partial charge in [0.15, 0.2) is 0 Å². The highest BCUT2D eigenvalue weighted by atomic mass is 32.2. The molecule has 0 bridgehead atoms. The second kappa shape index (κ2) is 8.13. The van der Waals surface area contributed by atoms with E-state index in [1.165, 1.54) is 24.1 Å². The molecule has 0 unspecified atom stereocenters. The fourth-order valence-corrected chi connectivity index (χ4v) is 3.77. The Kier molecular flexibility index (Phi) is 6.14. The van der Waals surface area contributed by atoms with Gasteiger partial charge in [-0.25, -0.2) is 8.42 Å². The van der Waals surface area contributed by atoms with Crippen molar-refractivity contribution in [1.82, 2.24) is 9.21 Å². The van der Waals surface area contributed by atoms with Crippen molar-refractivity contribution in [1.29, 1.82) is 5.26 Å². The van der Waals surface area contributed by atoms with Crippen LogP contribution in [0.25, 0.3) is 0 Å². The minimum absolute atomic E-state index is 0.0535. The molecule has 1 atom stereocenters. The number of hydrogen-bond acceptors (Lipinski definition) is 4. The van der Waals surface area contributed by atoms with Gasteiger partial charge in [-0.15, -0.1) is 0 Å². The number of rotatable bonds is 6. The molecule has 136 valence electrons. The number of hydrogen-bond donors (Lipinski definition) is 0. The van der Waals surface area contributed by atoms with Crippen molar-refractivity contribution >= 4 is 15.9 Å². The molecular weight excluding hydrogens is 350 g/mol. The van der Waals surface area contributed by atoms with Crippen LogP contribution in [0.15, 0.2) is 59.5 Å². The third-order valence-corrected chi connectivity index (χ3v) is 6.17. The molecule has 7 heteroatoms. The van der Waals surface area contributed by atoms with Gasteiger partial charge in [-0.05, 0) is 24.6 Å². The van der Waals surface area contributed by atoms with E-state index in [1.807, 2.05) is 43.3 Å². The number of carbonyl (C=O) groups is 1. The highest BCUT2D eigenvalue weighted by Gasteiger charge is 2.27. The second-order valence-electron chi connectivity index (χ2n) is 5.96. The first-order chi connectivity index (χ1) is 12.3. The minimum atomic E-state index is -3.94. The number of nitriles is 1. The summed E-state index contributed by atoms with van der Waals surface area (Å²) in [6, 6.07) is 17.1. The average molecular weight is 371 g/mol. The maximum absolute atomic E-state index is 12.7. The maximum atomic E-state index is 12.7. The molecule has 26 heavy (non-hydrogen) atoms. The van der Waals surface area contributed by atoms with E-state index in [9.17, 15) is 13.2 Å². The molecule has 0 N–H and O–H groups in total. The van der Waals surface area contributed by atoms with Crippen molar-refractivity contribution in [2.75, 3.05) is 20.6 Å². The Morgan fingerprint density at radius 1 is 1.08 bits per heavy atom. The normalized spacial score (nSPS) is 12.4.